The van der Waals surface area contributed by atoms with E-state index in [9.17, 15) is 0 Å². The minimum Gasteiger partial charge on any atom is -0.0911 e. The second kappa shape index (κ2) is 7.07. The van der Waals surface area contributed by atoms with Crippen molar-refractivity contribution >= 4 is 50.8 Å². The van der Waals surface area contributed by atoms with Gasteiger partial charge in [-0.1, -0.05) is 117 Å². The molecule has 0 amide bonds. The van der Waals surface area contributed by atoms with Gasteiger partial charge >= 0.3 is 0 Å². The van der Waals surface area contributed by atoms with Gasteiger partial charge in [-0.25, -0.2) is 0 Å². The maximum Gasteiger partial charge on any atom is 0.244 e. The molecule has 1 aliphatic rings. The molecule has 27 heavy (non-hydrogen) atoms. The topological polar surface area (TPSA) is 0 Å². The largest absolute Gasteiger partial charge is 0.244 e. The van der Waals surface area contributed by atoms with Crippen molar-refractivity contribution in [2.45, 2.75) is 9.79 Å². The summed E-state index contributed by atoms with van der Waals surface area (Å²) in [4.78, 5) is 2.70. The summed E-state index contributed by atoms with van der Waals surface area (Å²) in [5, 5.41) is 0. The highest BCUT2D eigenvalue weighted by Gasteiger charge is 2.30. The average Bonchev–Trinajstić information content (AvgIpc) is 2.72. The number of benzene rings is 4. The molecule has 0 saturated heterocycles. The van der Waals surface area contributed by atoms with E-state index in [1.54, 1.807) is 0 Å². The molecule has 0 bridgehead atoms. The van der Waals surface area contributed by atoms with Gasteiger partial charge in [0, 0.05) is 14.3 Å². The molecule has 0 N–H and O–H groups in total. The smallest absolute Gasteiger partial charge is 0.0911 e. The molecule has 4 aromatic carbocycles. The van der Waals surface area contributed by atoms with Gasteiger partial charge in [-0.2, -0.15) is 0 Å². The molecule has 0 aromatic heterocycles. The van der Waals surface area contributed by atoms with E-state index in [1.807, 2.05) is 11.8 Å². The molecule has 4 aromatic rings. The molecule has 0 spiro atoms. The highest BCUT2D eigenvalue weighted by atomic mass is 79.9. The monoisotopic (exact) mass is 426 g/mol. The van der Waals surface area contributed by atoms with Crippen LogP contribution in [0.1, 0.15) is 0 Å². The number of hydrogen-bond donors (Lipinski definition) is 0. The van der Waals surface area contributed by atoms with E-state index < -0.39 is 0 Å². The van der Waals surface area contributed by atoms with Crippen LogP contribution >= 0.6 is 27.7 Å². The summed E-state index contributed by atoms with van der Waals surface area (Å²) in [7, 11) is 0. The third kappa shape index (κ3) is 3.15. The molecule has 0 saturated carbocycles. The standard InChI is InChI=1S/C24H16BBrS/c26-20-10-6-7-17(15-20)18-13-14-22-24(16-18)27-23-12-5-4-11-21(23)25(22)19-8-2-1-3-9-19/h1-16H. The molecular weight excluding hydrogens is 411 g/mol. The summed E-state index contributed by atoms with van der Waals surface area (Å²) < 4.78 is 1.11. The van der Waals surface area contributed by atoms with Crippen molar-refractivity contribution in [3.05, 3.63) is 102 Å². The first-order chi connectivity index (χ1) is 13.3. The SMILES string of the molecule is Brc1cccc(-c2ccc3c(c2)Sc2ccccc2B3c2ccccc2)c1. The van der Waals surface area contributed by atoms with Gasteiger partial charge in [0.25, 0.3) is 0 Å². The van der Waals surface area contributed by atoms with Crippen molar-refractivity contribution in [1.82, 2.24) is 0 Å². The van der Waals surface area contributed by atoms with Crippen LogP contribution in [0.25, 0.3) is 11.1 Å². The van der Waals surface area contributed by atoms with Gasteiger partial charge < -0.3 is 0 Å². The Balaban J connectivity index is 1.68. The van der Waals surface area contributed by atoms with E-state index in [1.165, 1.54) is 37.3 Å². The number of hydrogen-bond acceptors (Lipinski definition) is 1. The Bertz CT molecular complexity index is 1120. The van der Waals surface area contributed by atoms with E-state index in [0.29, 0.717) is 0 Å². The van der Waals surface area contributed by atoms with Crippen molar-refractivity contribution in [3.63, 3.8) is 0 Å². The molecule has 0 unspecified atom stereocenters. The van der Waals surface area contributed by atoms with Crippen LogP contribution in [0, 0.1) is 0 Å². The minimum atomic E-state index is 0.287. The first-order valence-electron chi connectivity index (χ1n) is 9.01. The maximum atomic E-state index is 3.59. The summed E-state index contributed by atoms with van der Waals surface area (Å²) in [6.45, 7) is 0.287. The van der Waals surface area contributed by atoms with Crippen LogP contribution in [-0.2, 0) is 0 Å². The lowest BCUT2D eigenvalue weighted by Crippen LogP contribution is -2.55. The minimum absolute atomic E-state index is 0.287. The molecule has 0 nitrogen and oxygen atoms in total. The van der Waals surface area contributed by atoms with Crippen molar-refractivity contribution in [2.24, 2.45) is 0 Å². The summed E-state index contributed by atoms with van der Waals surface area (Å²) in [5.74, 6) is 0. The van der Waals surface area contributed by atoms with E-state index in [0.717, 1.165) is 4.47 Å². The fourth-order valence-electron chi connectivity index (χ4n) is 3.81. The maximum absolute atomic E-state index is 3.59. The zero-order chi connectivity index (χ0) is 18.2. The quantitative estimate of drug-likeness (QED) is 0.354. The van der Waals surface area contributed by atoms with Crippen molar-refractivity contribution in [1.29, 1.82) is 0 Å². The molecule has 3 heteroatoms. The van der Waals surface area contributed by atoms with Gasteiger partial charge in [-0.3, -0.25) is 0 Å². The van der Waals surface area contributed by atoms with Crippen molar-refractivity contribution < 1.29 is 0 Å². The second-order valence-electron chi connectivity index (χ2n) is 6.75. The Labute approximate surface area is 172 Å². The second-order valence-corrected chi connectivity index (χ2v) is 8.75. The zero-order valence-electron chi connectivity index (χ0n) is 14.6. The van der Waals surface area contributed by atoms with Crippen LogP contribution in [0.3, 0.4) is 0 Å². The van der Waals surface area contributed by atoms with Crippen LogP contribution in [0.2, 0.25) is 0 Å². The summed E-state index contributed by atoms with van der Waals surface area (Å²) >= 11 is 5.47. The zero-order valence-corrected chi connectivity index (χ0v) is 17.0. The van der Waals surface area contributed by atoms with Crippen molar-refractivity contribution in [3.8, 4) is 11.1 Å². The number of halogens is 1. The Morgan fingerprint density at radius 3 is 2.19 bits per heavy atom. The van der Waals surface area contributed by atoms with Crippen LogP contribution in [-0.4, -0.2) is 6.71 Å². The van der Waals surface area contributed by atoms with E-state index in [-0.39, 0.29) is 6.71 Å². The van der Waals surface area contributed by atoms with Gasteiger partial charge in [-0.05, 0) is 35.4 Å². The lowest BCUT2D eigenvalue weighted by atomic mass is 9.36. The summed E-state index contributed by atoms with van der Waals surface area (Å²) in [5.41, 5.74) is 6.64. The molecule has 0 atom stereocenters. The Kier molecular flexibility index (Phi) is 4.43. The Morgan fingerprint density at radius 2 is 1.33 bits per heavy atom. The molecular formula is C24H16BBrS. The molecule has 128 valence electrons. The fraction of sp³-hybridized carbons (Fsp3) is 0. The third-order valence-corrected chi connectivity index (χ3v) is 6.72. The van der Waals surface area contributed by atoms with Gasteiger partial charge in [0.15, 0.2) is 0 Å². The van der Waals surface area contributed by atoms with Gasteiger partial charge in [0.05, 0.1) is 0 Å². The van der Waals surface area contributed by atoms with Crippen LogP contribution in [0.5, 0.6) is 0 Å². The molecule has 1 heterocycles. The molecule has 1 aliphatic heterocycles. The molecule has 0 aliphatic carbocycles. The van der Waals surface area contributed by atoms with Gasteiger partial charge in [-0.15, -0.1) is 0 Å². The summed E-state index contributed by atoms with van der Waals surface area (Å²) in [6.07, 6.45) is 0. The molecule has 0 fully saturated rings. The lowest BCUT2D eigenvalue weighted by molar-refractivity contribution is 1.43. The highest BCUT2D eigenvalue weighted by Crippen LogP contribution is 2.33. The van der Waals surface area contributed by atoms with E-state index in [4.69, 9.17) is 0 Å². The van der Waals surface area contributed by atoms with Gasteiger partial charge in [0.1, 0.15) is 0 Å². The predicted octanol–water partition coefficient (Wildman–Crippen LogP) is 5.10. The Morgan fingerprint density at radius 1 is 0.593 bits per heavy atom. The number of rotatable bonds is 2. The van der Waals surface area contributed by atoms with Gasteiger partial charge in [0.2, 0.25) is 6.71 Å². The lowest BCUT2D eigenvalue weighted by Gasteiger charge is -2.26. The van der Waals surface area contributed by atoms with E-state index >= 15 is 0 Å². The van der Waals surface area contributed by atoms with Crippen molar-refractivity contribution in [2.75, 3.05) is 0 Å². The Hall–Kier alpha value is -2.23. The molecule has 5 rings (SSSR count). The molecule has 0 radical (unpaired) electrons. The first kappa shape index (κ1) is 16.9. The number of fused-ring (bicyclic) bond motifs is 2. The average molecular weight is 427 g/mol. The fourth-order valence-corrected chi connectivity index (χ4v) is 5.39. The summed E-state index contributed by atoms with van der Waals surface area (Å²) in [6, 6.07) is 35.0. The first-order valence-corrected chi connectivity index (χ1v) is 10.6. The predicted molar refractivity (Wildman–Crippen MR) is 121 cm³/mol. The third-order valence-electron chi connectivity index (χ3n) is 5.07. The van der Waals surface area contributed by atoms with Crippen LogP contribution < -0.4 is 16.4 Å². The normalized spacial score (nSPS) is 12.4. The van der Waals surface area contributed by atoms with Crippen LogP contribution in [0.15, 0.2) is 111 Å². The highest BCUT2D eigenvalue weighted by molar-refractivity contribution is 9.10. The van der Waals surface area contributed by atoms with Crippen LogP contribution in [0.4, 0.5) is 0 Å². The van der Waals surface area contributed by atoms with E-state index in [2.05, 4.69) is 113 Å².